The maximum Gasteiger partial charge on any atom is 0.204 e. The van der Waals surface area contributed by atoms with Crippen LogP contribution in [-0.2, 0) is 4.79 Å². The van der Waals surface area contributed by atoms with Gasteiger partial charge in [0, 0.05) is 54.0 Å². The van der Waals surface area contributed by atoms with Gasteiger partial charge in [0.15, 0.2) is 0 Å². The highest BCUT2D eigenvalue weighted by Gasteiger charge is 2.20. The van der Waals surface area contributed by atoms with Crippen molar-refractivity contribution in [3.63, 3.8) is 0 Å². The average molecular weight is 550 g/mol. The van der Waals surface area contributed by atoms with Crippen molar-refractivity contribution < 1.29 is 4.79 Å². The van der Waals surface area contributed by atoms with Gasteiger partial charge >= 0.3 is 0 Å². The lowest BCUT2D eigenvalue weighted by atomic mass is 10.0. The molecule has 0 fully saturated rings. The zero-order valence-electron chi connectivity index (χ0n) is 25.4. The van der Waals surface area contributed by atoms with Crippen LogP contribution in [0.2, 0.25) is 0 Å². The molecule has 1 aliphatic carbocycles. The van der Waals surface area contributed by atoms with Crippen LogP contribution in [0.15, 0.2) is 101 Å². The first kappa shape index (κ1) is 29.7. The molecule has 1 aliphatic rings. The summed E-state index contributed by atoms with van der Waals surface area (Å²) in [5, 5.41) is 6.78. The fraction of sp³-hybridized carbons (Fsp3) is 0.314. The minimum atomic E-state index is -0.104. The molecule has 0 unspecified atom stereocenters. The number of carbonyl (C=O) groups is 1. The third kappa shape index (κ3) is 7.26. The number of nitrogens with zero attached hydrogens (tertiary/aromatic N) is 3. The summed E-state index contributed by atoms with van der Waals surface area (Å²) in [6.07, 6.45) is 3.47. The van der Waals surface area contributed by atoms with Crippen LogP contribution in [0.25, 0.3) is 0 Å². The molecule has 0 bridgehead atoms. The molecule has 0 amide bonds. The van der Waals surface area contributed by atoms with E-state index in [0.29, 0.717) is 29.2 Å². The molecule has 214 valence electrons. The second kappa shape index (κ2) is 13.4. The van der Waals surface area contributed by atoms with E-state index in [1.54, 1.807) is 6.08 Å². The number of aryl methyl sites for hydroxylation is 1. The lowest BCUT2D eigenvalue weighted by Gasteiger charge is -2.27. The van der Waals surface area contributed by atoms with Crippen LogP contribution in [0.3, 0.4) is 0 Å². The van der Waals surface area contributed by atoms with Crippen LogP contribution in [0, 0.1) is 6.92 Å². The van der Waals surface area contributed by atoms with Crippen LogP contribution in [0.4, 0.5) is 28.4 Å². The summed E-state index contributed by atoms with van der Waals surface area (Å²) >= 11 is 0. The highest BCUT2D eigenvalue weighted by Crippen LogP contribution is 2.27. The Kier molecular flexibility index (Phi) is 9.66. The van der Waals surface area contributed by atoms with Gasteiger partial charge < -0.3 is 20.4 Å². The van der Waals surface area contributed by atoms with Gasteiger partial charge in [0.2, 0.25) is 5.78 Å². The Labute approximate surface area is 245 Å². The van der Waals surface area contributed by atoms with Gasteiger partial charge in [0.05, 0.1) is 22.8 Å². The minimum Gasteiger partial charge on any atom is -0.369 e. The molecule has 0 aliphatic heterocycles. The molecule has 41 heavy (non-hydrogen) atoms. The lowest BCUT2D eigenvalue weighted by Crippen LogP contribution is -2.30. The van der Waals surface area contributed by atoms with Gasteiger partial charge in [0.25, 0.3) is 0 Å². The highest BCUT2D eigenvalue weighted by atomic mass is 16.1. The average Bonchev–Trinajstić information content (AvgIpc) is 2.94. The molecule has 0 atom stereocenters. The molecule has 6 heteroatoms. The summed E-state index contributed by atoms with van der Waals surface area (Å²) in [5.74, 6) is -0.104. The standard InChI is InChI=1S/C35H43N5O/c1-8-39(24(3)4)29-18-14-27(15-19-29)36-32-22-34(35(41)23-33(32)38-31-13-11-10-12-26(31)7)37-28-16-20-30(21-17-28)40(9-2)25(5)6/h10-25,37-38H,8-9H2,1-7H3. The van der Waals surface area contributed by atoms with Crippen molar-refractivity contribution in [2.75, 3.05) is 33.5 Å². The number of nitrogens with one attached hydrogen (secondary N) is 2. The smallest absolute Gasteiger partial charge is 0.204 e. The van der Waals surface area contributed by atoms with Gasteiger partial charge in [-0.15, -0.1) is 0 Å². The van der Waals surface area contributed by atoms with Crippen LogP contribution < -0.4 is 20.4 Å². The van der Waals surface area contributed by atoms with E-state index >= 15 is 0 Å². The van der Waals surface area contributed by atoms with Gasteiger partial charge in [-0.05, 0) is 115 Å². The second-order valence-corrected chi connectivity index (χ2v) is 10.9. The maximum absolute atomic E-state index is 13.3. The van der Waals surface area contributed by atoms with Crippen molar-refractivity contribution in [1.29, 1.82) is 0 Å². The molecule has 0 spiro atoms. The molecular formula is C35H43N5O. The van der Waals surface area contributed by atoms with Crippen LogP contribution in [-0.4, -0.2) is 36.7 Å². The predicted octanol–water partition coefficient (Wildman–Crippen LogP) is 8.11. The van der Waals surface area contributed by atoms with Crippen LogP contribution in [0.1, 0.15) is 47.1 Å². The number of benzene rings is 3. The molecule has 3 aromatic rings. The molecular weight excluding hydrogens is 506 g/mol. The van der Waals surface area contributed by atoms with E-state index in [-0.39, 0.29) is 5.78 Å². The molecule has 0 aromatic heterocycles. The van der Waals surface area contributed by atoms with E-state index in [1.165, 1.54) is 5.69 Å². The molecule has 4 rings (SSSR count). The number of carbonyl (C=O) groups excluding carboxylic acids is 1. The molecule has 6 nitrogen and oxygen atoms in total. The predicted molar refractivity (Wildman–Crippen MR) is 176 cm³/mol. The first-order valence-corrected chi connectivity index (χ1v) is 14.6. The summed E-state index contributed by atoms with van der Waals surface area (Å²) in [4.78, 5) is 23.0. The summed E-state index contributed by atoms with van der Waals surface area (Å²) in [6.45, 7) is 17.0. The number of para-hydroxylation sites is 1. The van der Waals surface area contributed by atoms with Crippen molar-refractivity contribution in [2.24, 2.45) is 4.99 Å². The summed E-state index contributed by atoms with van der Waals surface area (Å²) in [5.41, 5.74) is 7.87. The zero-order chi connectivity index (χ0) is 29.5. The van der Waals surface area contributed by atoms with Crippen LogP contribution in [0.5, 0.6) is 0 Å². The van der Waals surface area contributed by atoms with Crippen molar-refractivity contribution in [3.8, 4) is 0 Å². The number of aliphatic imine (C=N–C) groups is 1. The molecule has 3 aromatic carbocycles. The SMILES string of the molecule is CCN(c1ccc(N=C2C=C(Nc3ccc(N(CC)C(C)C)cc3)C(=O)C=C2Nc2ccccc2C)cc1)C(C)C. The lowest BCUT2D eigenvalue weighted by molar-refractivity contribution is -0.111. The molecule has 0 radical (unpaired) electrons. The Bertz CT molecular complexity index is 1430. The summed E-state index contributed by atoms with van der Waals surface area (Å²) in [7, 11) is 0. The number of hydrogen-bond donors (Lipinski definition) is 2. The molecule has 0 saturated heterocycles. The van der Waals surface area contributed by atoms with Crippen molar-refractivity contribution >= 4 is 39.9 Å². The second-order valence-electron chi connectivity index (χ2n) is 10.9. The molecule has 2 N–H and O–H groups in total. The topological polar surface area (TPSA) is 60.0 Å². The van der Waals surface area contributed by atoms with Gasteiger partial charge in [0.1, 0.15) is 0 Å². The summed E-state index contributed by atoms with van der Waals surface area (Å²) in [6, 6.07) is 25.4. The van der Waals surface area contributed by atoms with E-state index in [2.05, 4.69) is 86.2 Å². The van der Waals surface area contributed by atoms with E-state index in [0.717, 1.165) is 41.4 Å². The van der Waals surface area contributed by atoms with Crippen molar-refractivity contribution in [1.82, 2.24) is 0 Å². The number of rotatable bonds is 11. The summed E-state index contributed by atoms with van der Waals surface area (Å²) < 4.78 is 0. The van der Waals surface area contributed by atoms with Gasteiger partial charge in [-0.3, -0.25) is 4.79 Å². The fourth-order valence-electron chi connectivity index (χ4n) is 5.16. The maximum atomic E-state index is 13.3. The van der Waals surface area contributed by atoms with E-state index in [1.807, 2.05) is 61.5 Å². The molecule has 0 saturated carbocycles. The van der Waals surface area contributed by atoms with E-state index < -0.39 is 0 Å². The number of anilines is 4. The van der Waals surface area contributed by atoms with Crippen molar-refractivity contribution in [3.05, 3.63) is 102 Å². The Hall–Kier alpha value is -4.32. The monoisotopic (exact) mass is 549 g/mol. The largest absolute Gasteiger partial charge is 0.369 e. The first-order valence-electron chi connectivity index (χ1n) is 14.6. The molecule has 0 heterocycles. The van der Waals surface area contributed by atoms with E-state index in [4.69, 9.17) is 4.99 Å². The van der Waals surface area contributed by atoms with Gasteiger partial charge in [-0.1, -0.05) is 18.2 Å². The van der Waals surface area contributed by atoms with Crippen molar-refractivity contribution in [2.45, 2.75) is 60.5 Å². The fourth-order valence-corrected chi connectivity index (χ4v) is 5.16. The third-order valence-electron chi connectivity index (χ3n) is 7.35. The third-order valence-corrected chi connectivity index (χ3v) is 7.35. The zero-order valence-corrected chi connectivity index (χ0v) is 25.4. The number of allylic oxidation sites excluding steroid dienone is 2. The van der Waals surface area contributed by atoms with Gasteiger partial charge in [-0.2, -0.15) is 0 Å². The normalized spacial score (nSPS) is 14.3. The van der Waals surface area contributed by atoms with Gasteiger partial charge in [-0.25, -0.2) is 4.99 Å². The Morgan fingerprint density at radius 2 is 1.27 bits per heavy atom. The Balaban J connectivity index is 1.65. The number of hydrogen-bond acceptors (Lipinski definition) is 6. The Morgan fingerprint density at radius 3 is 1.80 bits per heavy atom. The first-order chi connectivity index (χ1) is 19.7. The van der Waals surface area contributed by atoms with Crippen LogP contribution >= 0.6 is 0 Å². The number of ketones is 1. The quantitative estimate of drug-likeness (QED) is 0.237. The minimum absolute atomic E-state index is 0.104. The highest BCUT2D eigenvalue weighted by molar-refractivity contribution is 6.24. The Morgan fingerprint density at radius 1 is 0.707 bits per heavy atom. The van der Waals surface area contributed by atoms with E-state index in [9.17, 15) is 4.79 Å².